The lowest BCUT2D eigenvalue weighted by atomic mass is 9.77. The summed E-state index contributed by atoms with van der Waals surface area (Å²) in [6.07, 6.45) is 3.04. The van der Waals surface area contributed by atoms with E-state index in [0.717, 1.165) is 29.6 Å². The largest absolute Gasteiger partial charge is 0.470 e. The van der Waals surface area contributed by atoms with Crippen molar-refractivity contribution in [1.29, 1.82) is 0 Å². The van der Waals surface area contributed by atoms with Crippen LogP contribution in [0, 0.1) is 0 Å². The Kier molecular flexibility index (Phi) is 5.62. The average Bonchev–Trinajstić information content (AvgIpc) is 3.48. The molecule has 6 nitrogen and oxygen atoms in total. The second-order valence-corrected chi connectivity index (χ2v) is 8.78. The van der Waals surface area contributed by atoms with Crippen LogP contribution in [0.5, 0.6) is 0 Å². The molecule has 1 aromatic heterocycles. The summed E-state index contributed by atoms with van der Waals surface area (Å²) in [5, 5.41) is 20.7. The number of furan rings is 1. The van der Waals surface area contributed by atoms with E-state index in [2.05, 4.69) is 22.9 Å². The molecular weight excluding hydrogens is 401 g/mol. The minimum Gasteiger partial charge on any atom is -0.464 e. The Bertz CT molecular complexity index is 1030. The molecule has 30 heavy (non-hydrogen) atoms. The second kappa shape index (κ2) is 8.38. The van der Waals surface area contributed by atoms with Gasteiger partial charge in [-0.15, -0.1) is 0 Å². The summed E-state index contributed by atoms with van der Waals surface area (Å²) >= 11 is 1.47. The fourth-order valence-corrected chi connectivity index (χ4v) is 5.15. The van der Waals surface area contributed by atoms with Gasteiger partial charge in [-0.1, -0.05) is 48.3 Å². The van der Waals surface area contributed by atoms with Gasteiger partial charge in [0.05, 0.1) is 25.4 Å². The molecule has 2 aromatic carbocycles. The lowest BCUT2D eigenvalue weighted by Crippen LogP contribution is -2.42. The topological polar surface area (TPSA) is 84.1 Å². The number of ether oxygens (including phenoxy) is 2. The van der Waals surface area contributed by atoms with Crippen LogP contribution in [0.4, 0.5) is 0 Å². The molecule has 1 fully saturated rings. The minimum absolute atomic E-state index is 0.282. The van der Waals surface area contributed by atoms with Gasteiger partial charge in [-0.05, 0) is 34.7 Å². The number of nitrogens with one attached hydrogen (secondary N) is 1. The van der Waals surface area contributed by atoms with E-state index in [9.17, 15) is 10.0 Å². The summed E-state index contributed by atoms with van der Waals surface area (Å²) in [5.41, 5.74) is 5.11. The zero-order chi connectivity index (χ0) is 20.6. The third-order valence-electron chi connectivity index (χ3n) is 5.99. The third-order valence-corrected chi connectivity index (χ3v) is 6.94. The quantitative estimate of drug-likeness (QED) is 0.397. The van der Waals surface area contributed by atoms with Crippen molar-refractivity contribution in [1.82, 2.24) is 4.72 Å². The molecule has 3 heterocycles. The molecule has 0 amide bonds. The lowest BCUT2D eigenvalue weighted by molar-refractivity contribution is -0.0421. The molecule has 2 atom stereocenters. The molecule has 1 saturated heterocycles. The Hall–Kier alpha value is -1.81. The Morgan fingerprint density at radius 3 is 2.93 bits per heavy atom. The molecule has 0 radical (unpaired) electrons. The summed E-state index contributed by atoms with van der Waals surface area (Å²) in [7, 11) is -1.47. The summed E-state index contributed by atoms with van der Waals surface area (Å²) < 4.78 is 20.5. The molecule has 0 bridgehead atoms. The van der Waals surface area contributed by atoms with E-state index >= 15 is 0 Å². The summed E-state index contributed by atoms with van der Waals surface area (Å²) in [6.45, 7) is 1.99. The SMILES string of the molecule is OB(O)C(Cc1coc2ccccc12)NSCc1ccc2c(c1)C1(CCOC1)OC2. The molecule has 0 saturated carbocycles. The zero-order valence-electron chi connectivity index (χ0n) is 16.5. The number of hydrogen-bond donors (Lipinski definition) is 3. The molecule has 1 spiro atoms. The van der Waals surface area contributed by atoms with E-state index in [1.165, 1.54) is 28.6 Å². The monoisotopic (exact) mass is 425 g/mol. The Labute approximate surface area is 179 Å². The number of hydrogen-bond acceptors (Lipinski definition) is 7. The normalized spacial score (nSPS) is 21.4. The van der Waals surface area contributed by atoms with Crippen molar-refractivity contribution in [2.75, 3.05) is 13.2 Å². The van der Waals surface area contributed by atoms with Gasteiger partial charge >= 0.3 is 7.12 Å². The molecule has 2 unspecified atom stereocenters. The summed E-state index contributed by atoms with van der Waals surface area (Å²) in [6, 6.07) is 14.2. The first kappa shape index (κ1) is 20.1. The molecule has 3 N–H and O–H groups in total. The lowest BCUT2D eigenvalue weighted by Gasteiger charge is -2.22. The van der Waals surface area contributed by atoms with Crippen molar-refractivity contribution in [3.8, 4) is 0 Å². The number of rotatable bonds is 7. The Morgan fingerprint density at radius 1 is 1.20 bits per heavy atom. The molecule has 2 aliphatic heterocycles. The van der Waals surface area contributed by atoms with Crippen LogP contribution in [0.2, 0.25) is 0 Å². The highest BCUT2D eigenvalue weighted by molar-refractivity contribution is 7.96. The number of benzene rings is 2. The van der Waals surface area contributed by atoms with Gasteiger partial charge in [-0.25, -0.2) is 0 Å². The third kappa shape index (κ3) is 3.79. The van der Waals surface area contributed by atoms with Crippen LogP contribution < -0.4 is 4.72 Å². The first-order valence-electron chi connectivity index (χ1n) is 10.2. The van der Waals surface area contributed by atoms with Gasteiger partial charge in [-0.2, -0.15) is 0 Å². The van der Waals surface area contributed by atoms with E-state index in [4.69, 9.17) is 13.9 Å². The number of fused-ring (bicyclic) bond motifs is 3. The van der Waals surface area contributed by atoms with Crippen LogP contribution in [0.1, 0.15) is 28.7 Å². The molecule has 156 valence electrons. The van der Waals surface area contributed by atoms with E-state index in [1.54, 1.807) is 6.26 Å². The molecule has 2 aliphatic rings. The average molecular weight is 425 g/mol. The van der Waals surface area contributed by atoms with Crippen molar-refractivity contribution in [3.05, 3.63) is 71.0 Å². The van der Waals surface area contributed by atoms with E-state index in [0.29, 0.717) is 25.4 Å². The number of para-hydroxylation sites is 1. The highest BCUT2D eigenvalue weighted by Gasteiger charge is 2.43. The van der Waals surface area contributed by atoms with Crippen molar-refractivity contribution in [2.24, 2.45) is 0 Å². The molecule has 0 aliphatic carbocycles. The zero-order valence-corrected chi connectivity index (χ0v) is 17.4. The van der Waals surface area contributed by atoms with Crippen molar-refractivity contribution < 1.29 is 23.9 Å². The molecule has 3 aromatic rings. The Morgan fingerprint density at radius 2 is 2.10 bits per heavy atom. The van der Waals surface area contributed by atoms with Crippen molar-refractivity contribution in [2.45, 2.75) is 36.7 Å². The second-order valence-electron chi connectivity index (χ2n) is 7.96. The van der Waals surface area contributed by atoms with Crippen molar-refractivity contribution in [3.63, 3.8) is 0 Å². The predicted molar refractivity (Wildman–Crippen MR) is 117 cm³/mol. The smallest absolute Gasteiger partial charge is 0.464 e. The van der Waals surface area contributed by atoms with Gasteiger partial charge in [0.2, 0.25) is 0 Å². The van der Waals surface area contributed by atoms with Crippen LogP contribution in [0.3, 0.4) is 0 Å². The van der Waals surface area contributed by atoms with Gasteiger partial charge in [0.1, 0.15) is 11.2 Å². The highest BCUT2D eigenvalue weighted by Crippen LogP contribution is 2.43. The molecule has 8 heteroatoms. The predicted octanol–water partition coefficient (Wildman–Crippen LogP) is 2.94. The first-order chi connectivity index (χ1) is 14.6. The minimum atomic E-state index is -1.47. The summed E-state index contributed by atoms with van der Waals surface area (Å²) in [5.74, 6) is 0.197. The highest BCUT2D eigenvalue weighted by atomic mass is 32.2. The van der Waals surface area contributed by atoms with E-state index < -0.39 is 13.1 Å². The van der Waals surface area contributed by atoms with Gasteiger partial charge in [0.25, 0.3) is 0 Å². The van der Waals surface area contributed by atoms with Gasteiger partial charge in [0.15, 0.2) is 0 Å². The molecule has 5 rings (SSSR count). The van der Waals surface area contributed by atoms with E-state index in [1.807, 2.05) is 24.3 Å². The van der Waals surface area contributed by atoms with Crippen LogP contribution in [0.15, 0.2) is 53.1 Å². The van der Waals surface area contributed by atoms with Crippen LogP contribution in [-0.2, 0) is 33.9 Å². The Balaban J connectivity index is 1.24. The standard InChI is InChI=1S/C22H24BNO5S/c25-23(26)21(10-17-11-28-20-4-2-1-3-18(17)20)24-30-13-15-5-6-16-12-29-22(19(16)9-15)7-8-27-14-22/h1-6,9,11,21,24-26H,7-8,10,12-14H2. The fourth-order valence-electron chi connectivity index (χ4n) is 4.30. The van der Waals surface area contributed by atoms with Gasteiger partial charge in [-0.3, -0.25) is 4.72 Å². The van der Waals surface area contributed by atoms with Crippen LogP contribution >= 0.6 is 11.9 Å². The van der Waals surface area contributed by atoms with Crippen LogP contribution in [-0.4, -0.2) is 36.3 Å². The maximum absolute atomic E-state index is 9.87. The van der Waals surface area contributed by atoms with Gasteiger partial charge < -0.3 is 23.9 Å². The maximum atomic E-state index is 9.87. The first-order valence-corrected chi connectivity index (χ1v) is 11.2. The van der Waals surface area contributed by atoms with E-state index in [-0.39, 0.29) is 5.60 Å². The van der Waals surface area contributed by atoms with Crippen molar-refractivity contribution >= 4 is 30.0 Å². The molecular formula is C22H24BNO5S. The fraction of sp³-hybridized carbons (Fsp3) is 0.364. The van der Waals surface area contributed by atoms with Gasteiger partial charge in [0, 0.05) is 24.2 Å². The van der Waals surface area contributed by atoms with Crippen LogP contribution in [0.25, 0.3) is 11.0 Å². The summed E-state index contributed by atoms with van der Waals surface area (Å²) in [4.78, 5) is 0. The maximum Gasteiger partial charge on any atom is 0.470 e.